The van der Waals surface area contributed by atoms with Crippen molar-refractivity contribution in [3.63, 3.8) is 0 Å². The van der Waals surface area contributed by atoms with Crippen LogP contribution >= 0.6 is 0 Å². The average Bonchev–Trinajstić information content (AvgIpc) is 2.94. The Hall–Kier alpha value is -3.85. The fraction of sp³-hybridized carbons (Fsp3) is 0.310. The van der Waals surface area contributed by atoms with E-state index < -0.39 is 50.5 Å². The first-order valence-corrected chi connectivity index (χ1v) is 14.0. The van der Waals surface area contributed by atoms with E-state index in [0.29, 0.717) is 5.56 Å². The molecule has 0 radical (unpaired) electrons. The number of halogens is 2. The molecule has 1 aliphatic rings. The van der Waals surface area contributed by atoms with Gasteiger partial charge >= 0.3 is 0 Å². The molecule has 0 bridgehead atoms. The number of rotatable bonds is 6. The number of aliphatic hydroxyl groups excluding tert-OH is 1. The maximum Gasteiger partial charge on any atom is 0.259 e. The molecule has 3 atom stereocenters. The Morgan fingerprint density at radius 1 is 1.15 bits per heavy atom. The monoisotopic (exact) mass is 569 g/mol. The number of benzene rings is 2. The van der Waals surface area contributed by atoms with Gasteiger partial charge in [0.25, 0.3) is 5.91 Å². The van der Waals surface area contributed by atoms with Crippen molar-refractivity contribution in [2.45, 2.75) is 30.9 Å². The van der Waals surface area contributed by atoms with Crippen LogP contribution in [0.25, 0.3) is 0 Å². The maximum absolute atomic E-state index is 14.3. The highest BCUT2D eigenvalue weighted by molar-refractivity contribution is 7.89. The van der Waals surface area contributed by atoms with Crippen molar-refractivity contribution in [3.05, 3.63) is 89.1 Å². The van der Waals surface area contributed by atoms with Gasteiger partial charge in [-0.1, -0.05) is 43.0 Å². The number of carbonyl (C=O) groups excluding carboxylic acids is 1. The lowest BCUT2D eigenvalue weighted by atomic mass is 10.0. The summed E-state index contributed by atoms with van der Waals surface area (Å²) >= 11 is 0. The molecule has 8 nitrogen and oxygen atoms in total. The van der Waals surface area contributed by atoms with Gasteiger partial charge in [0.2, 0.25) is 15.9 Å². The molecule has 40 heavy (non-hydrogen) atoms. The molecule has 3 aromatic rings. The molecule has 1 aromatic heterocycles. The molecular formula is C29H29F2N3O5S. The molecule has 4 rings (SSSR count). The summed E-state index contributed by atoms with van der Waals surface area (Å²) in [6.07, 6.45) is 0.595. The molecule has 1 aliphatic heterocycles. The number of fused-ring (bicyclic) bond motifs is 1. The number of hydrogen-bond donors (Lipinski definition) is 1. The molecule has 0 spiro atoms. The van der Waals surface area contributed by atoms with Gasteiger partial charge < -0.3 is 14.7 Å². The highest BCUT2D eigenvalue weighted by Gasteiger charge is 2.36. The van der Waals surface area contributed by atoms with Gasteiger partial charge in [-0.2, -0.15) is 4.31 Å². The molecule has 0 aliphatic carbocycles. The van der Waals surface area contributed by atoms with E-state index >= 15 is 0 Å². The summed E-state index contributed by atoms with van der Waals surface area (Å²) in [4.78, 5) is 18.9. The van der Waals surface area contributed by atoms with Crippen LogP contribution in [0.15, 0.2) is 65.7 Å². The van der Waals surface area contributed by atoms with E-state index in [1.165, 1.54) is 54.5 Å². The molecule has 1 N–H and O–H groups in total. The number of aliphatic hydroxyl groups is 1. The quantitative estimate of drug-likeness (QED) is 0.458. The highest BCUT2D eigenvalue weighted by Crippen LogP contribution is 2.28. The largest absolute Gasteiger partial charge is 0.472 e. The van der Waals surface area contributed by atoms with Gasteiger partial charge in [0.1, 0.15) is 28.2 Å². The Bertz CT molecular complexity index is 1570. The lowest BCUT2D eigenvalue weighted by molar-refractivity contribution is 0.0373. The molecule has 1 amide bonds. The predicted molar refractivity (Wildman–Crippen MR) is 144 cm³/mol. The third kappa shape index (κ3) is 6.14. The highest BCUT2D eigenvalue weighted by atomic mass is 32.2. The SMILES string of the molecule is C[C@@H]1CN([C@H](C)CO)C(=O)c2cc(C#Cc3ccccc3F)cnc2O[C@@H]1CN(C)S(=O)(=O)c1ccccc1F. The van der Waals surface area contributed by atoms with Crippen LogP contribution in [0, 0.1) is 29.4 Å². The summed E-state index contributed by atoms with van der Waals surface area (Å²) in [5.74, 6) is 3.30. The van der Waals surface area contributed by atoms with E-state index in [1.54, 1.807) is 26.0 Å². The van der Waals surface area contributed by atoms with E-state index in [0.717, 1.165) is 10.4 Å². The molecule has 11 heteroatoms. The van der Waals surface area contributed by atoms with E-state index in [-0.39, 0.29) is 36.7 Å². The Kier molecular flexibility index (Phi) is 8.83. The van der Waals surface area contributed by atoms with Crippen molar-refractivity contribution >= 4 is 15.9 Å². The number of pyridine rings is 1. The van der Waals surface area contributed by atoms with Crippen LogP contribution in [0.4, 0.5) is 8.78 Å². The van der Waals surface area contributed by atoms with Crippen LogP contribution in [-0.4, -0.2) is 72.5 Å². The summed E-state index contributed by atoms with van der Waals surface area (Å²) < 4.78 is 61.7. The number of likely N-dealkylation sites (N-methyl/N-ethyl adjacent to an activating group) is 1. The predicted octanol–water partition coefficient (Wildman–Crippen LogP) is 3.30. The fourth-order valence-electron chi connectivity index (χ4n) is 4.26. The Morgan fingerprint density at radius 3 is 2.50 bits per heavy atom. The minimum absolute atomic E-state index is 0.0372. The number of hydrogen-bond acceptors (Lipinski definition) is 6. The fourth-order valence-corrected chi connectivity index (χ4v) is 5.51. The summed E-state index contributed by atoms with van der Waals surface area (Å²) in [6, 6.07) is 12.0. The van der Waals surface area contributed by atoms with Crippen molar-refractivity contribution in [2.24, 2.45) is 5.92 Å². The zero-order chi connectivity index (χ0) is 29.0. The number of ether oxygens (including phenoxy) is 1. The first-order valence-electron chi connectivity index (χ1n) is 12.6. The maximum atomic E-state index is 14.3. The first-order chi connectivity index (χ1) is 19.0. The van der Waals surface area contributed by atoms with Gasteiger partial charge in [-0.25, -0.2) is 22.2 Å². The second-order valence-electron chi connectivity index (χ2n) is 9.65. The molecule has 0 fully saturated rings. The van der Waals surface area contributed by atoms with E-state index in [4.69, 9.17) is 4.74 Å². The van der Waals surface area contributed by atoms with Crippen LogP contribution in [0.3, 0.4) is 0 Å². The molecule has 0 unspecified atom stereocenters. The van der Waals surface area contributed by atoms with Crippen LogP contribution in [-0.2, 0) is 10.0 Å². The van der Waals surface area contributed by atoms with Crippen LogP contribution < -0.4 is 4.74 Å². The van der Waals surface area contributed by atoms with Crippen molar-refractivity contribution < 1.29 is 31.8 Å². The smallest absolute Gasteiger partial charge is 0.259 e. The minimum Gasteiger partial charge on any atom is -0.472 e. The third-order valence-electron chi connectivity index (χ3n) is 6.70. The Morgan fingerprint density at radius 2 is 1.82 bits per heavy atom. The lowest BCUT2D eigenvalue weighted by Gasteiger charge is -2.37. The second-order valence-corrected chi connectivity index (χ2v) is 11.7. The molecule has 0 saturated carbocycles. The van der Waals surface area contributed by atoms with Crippen molar-refractivity contribution in [1.29, 1.82) is 0 Å². The van der Waals surface area contributed by atoms with Gasteiger partial charge in [-0.05, 0) is 37.3 Å². The van der Waals surface area contributed by atoms with Gasteiger partial charge in [0, 0.05) is 31.3 Å². The van der Waals surface area contributed by atoms with Crippen LogP contribution in [0.1, 0.15) is 35.3 Å². The van der Waals surface area contributed by atoms with Crippen LogP contribution in [0.2, 0.25) is 0 Å². The van der Waals surface area contributed by atoms with E-state index in [2.05, 4.69) is 16.8 Å². The zero-order valence-corrected chi connectivity index (χ0v) is 23.0. The minimum atomic E-state index is -4.19. The van der Waals surface area contributed by atoms with Gasteiger partial charge in [-0.3, -0.25) is 4.79 Å². The van der Waals surface area contributed by atoms with Crippen molar-refractivity contribution in [1.82, 2.24) is 14.2 Å². The lowest BCUT2D eigenvalue weighted by Crippen LogP contribution is -2.50. The molecule has 2 heterocycles. The summed E-state index contributed by atoms with van der Waals surface area (Å²) in [6.45, 7) is 3.15. The number of amides is 1. The summed E-state index contributed by atoms with van der Waals surface area (Å²) in [5.41, 5.74) is 0.581. The topological polar surface area (TPSA) is 100 Å². The normalized spacial score (nSPS) is 18.2. The number of carbonyl (C=O) groups is 1. The van der Waals surface area contributed by atoms with Crippen molar-refractivity contribution in [3.8, 4) is 17.7 Å². The Labute approximate surface area is 232 Å². The number of nitrogens with zero attached hydrogens (tertiary/aromatic N) is 3. The van der Waals surface area contributed by atoms with Crippen LogP contribution in [0.5, 0.6) is 5.88 Å². The summed E-state index contributed by atoms with van der Waals surface area (Å²) in [7, 11) is -2.87. The van der Waals surface area contributed by atoms with Gasteiger partial charge in [-0.15, -0.1) is 0 Å². The standard InChI is InChI=1S/C29H29F2N3O5S/c1-19-16-34(20(2)18-35)29(36)23-14-21(12-13-22-8-4-5-9-24(22)30)15-32-28(23)39-26(19)17-33(3)40(37,38)27-11-7-6-10-25(27)31/h4-11,14-15,19-20,26,35H,16-18H2,1-3H3/t19-,20-,26-/m1/s1. The average molecular weight is 570 g/mol. The number of aromatic nitrogens is 1. The van der Waals surface area contributed by atoms with Gasteiger partial charge in [0.15, 0.2) is 0 Å². The van der Waals surface area contributed by atoms with E-state index in [9.17, 15) is 27.1 Å². The van der Waals surface area contributed by atoms with Gasteiger partial charge in [0.05, 0.1) is 24.8 Å². The first kappa shape index (κ1) is 29.1. The Balaban J connectivity index is 1.70. The molecule has 0 saturated heterocycles. The van der Waals surface area contributed by atoms with Crippen molar-refractivity contribution in [2.75, 3.05) is 26.7 Å². The molecule has 210 valence electrons. The second kappa shape index (κ2) is 12.1. The molecular weight excluding hydrogens is 540 g/mol. The number of sulfonamides is 1. The third-order valence-corrected chi connectivity index (χ3v) is 8.55. The van der Waals surface area contributed by atoms with E-state index in [1.807, 2.05) is 0 Å². The summed E-state index contributed by atoms with van der Waals surface area (Å²) in [5, 5.41) is 9.84. The molecule has 2 aromatic carbocycles. The zero-order valence-electron chi connectivity index (χ0n) is 22.2.